The second-order valence-electron chi connectivity index (χ2n) is 12.2. The maximum absolute atomic E-state index is 2.52. The van der Waals surface area contributed by atoms with E-state index in [4.69, 9.17) is 0 Å². The summed E-state index contributed by atoms with van der Waals surface area (Å²) in [7, 11) is 0. The standard InChI is InChI=1S/C40H30N2/c1-23-13-15-35-29(17-23)33-21-25(3)19-31-27-9-5-6-10-28(27)32-20-26(4)22-34-30-18-24(2)14-16-36(30)42(40(32)34)38-12-8-7-11-37(38)41(35)39(31)33/h5-22H,1-4H3. The maximum Gasteiger partial charge on any atom is 0.0703 e. The summed E-state index contributed by atoms with van der Waals surface area (Å²) >= 11 is 0. The highest BCUT2D eigenvalue weighted by molar-refractivity contribution is 6.26. The van der Waals surface area contributed by atoms with Crippen molar-refractivity contribution in [2.24, 2.45) is 0 Å². The van der Waals surface area contributed by atoms with Gasteiger partial charge in [-0.05, 0) is 110 Å². The van der Waals surface area contributed by atoms with Gasteiger partial charge >= 0.3 is 0 Å². The summed E-state index contributed by atoms with van der Waals surface area (Å²) in [5.74, 6) is 0. The lowest BCUT2D eigenvalue weighted by atomic mass is 9.98. The van der Waals surface area contributed by atoms with Gasteiger partial charge in [0.1, 0.15) is 0 Å². The Hall–Kier alpha value is -5.08. The average Bonchev–Trinajstić information content (AvgIpc) is 3.48. The third-order valence-corrected chi connectivity index (χ3v) is 9.19. The van der Waals surface area contributed by atoms with Crippen LogP contribution in [0.1, 0.15) is 22.3 Å². The van der Waals surface area contributed by atoms with Crippen molar-refractivity contribution in [3.63, 3.8) is 0 Å². The van der Waals surface area contributed by atoms with Crippen molar-refractivity contribution in [2.45, 2.75) is 27.7 Å². The quantitative estimate of drug-likeness (QED) is 0.182. The van der Waals surface area contributed by atoms with Crippen molar-refractivity contribution >= 4 is 76.2 Å². The molecule has 0 unspecified atom stereocenters. The van der Waals surface area contributed by atoms with Crippen LogP contribution < -0.4 is 0 Å². The Bertz CT molecular complexity index is 2480. The van der Waals surface area contributed by atoms with Crippen LogP contribution in [-0.4, -0.2) is 8.80 Å². The maximum atomic E-state index is 2.52. The summed E-state index contributed by atoms with van der Waals surface area (Å²) in [6, 6.07) is 41.3. The van der Waals surface area contributed by atoms with Crippen molar-refractivity contribution in [1.82, 2.24) is 8.80 Å². The molecule has 9 aromatic rings. The van der Waals surface area contributed by atoms with Crippen LogP contribution in [0.15, 0.2) is 109 Å². The van der Waals surface area contributed by atoms with E-state index in [0.717, 1.165) is 0 Å². The van der Waals surface area contributed by atoms with E-state index in [9.17, 15) is 0 Å². The molecule has 6 aromatic carbocycles. The number of aromatic nitrogens is 2. The van der Waals surface area contributed by atoms with Crippen molar-refractivity contribution in [2.75, 3.05) is 0 Å². The van der Waals surface area contributed by atoms with Crippen LogP contribution in [0.4, 0.5) is 0 Å². The van der Waals surface area contributed by atoms with E-state index in [1.165, 1.54) is 98.4 Å². The highest BCUT2D eigenvalue weighted by Crippen LogP contribution is 2.41. The first-order valence-corrected chi connectivity index (χ1v) is 14.8. The molecule has 2 nitrogen and oxygen atoms in total. The molecule has 0 saturated heterocycles. The van der Waals surface area contributed by atoms with Gasteiger partial charge in [0, 0.05) is 32.3 Å². The SMILES string of the molecule is Cc1ccc2c(c1)c1cc(C)cc3c4ccccc4c4cc(C)cc5c6cc(C)ccc6n(c6ccccc6n2c31)c45. The molecule has 0 spiro atoms. The number of hydrogen-bond donors (Lipinski definition) is 0. The summed E-state index contributed by atoms with van der Waals surface area (Å²) in [5, 5.41) is 10.3. The van der Waals surface area contributed by atoms with Crippen LogP contribution in [0.5, 0.6) is 0 Å². The van der Waals surface area contributed by atoms with Crippen molar-refractivity contribution in [3.05, 3.63) is 131 Å². The number of fused-ring (bicyclic) bond motifs is 12. The molecule has 0 amide bonds. The van der Waals surface area contributed by atoms with Gasteiger partial charge in [0.05, 0.1) is 33.1 Å². The van der Waals surface area contributed by atoms with Crippen LogP contribution in [0.3, 0.4) is 0 Å². The Morgan fingerprint density at radius 2 is 0.667 bits per heavy atom. The summed E-state index contributed by atoms with van der Waals surface area (Å²) in [6.45, 7) is 8.85. The van der Waals surface area contributed by atoms with E-state index >= 15 is 0 Å². The fourth-order valence-corrected chi connectivity index (χ4v) is 7.52. The van der Waals surface area contributed by atoms with E-state index in [1.807, 2.05) is 0 Å². The molecule has 0 N–H and O–H groups in total. The highest BCUT2D eigenvalue weighted by atomic mass is 15.0. The van der Waals surface area contributed by atoms with Gasteiger partial charge in [-0.25, -0.2) is 0 Å². The molecule has 0 saturated carbocycles. The summed E-state index contributed by atoms with van der Waals surface area (Å²) in [5.41, 5.74) is 12.5. The molecule has 0 fully saturated rings. The van der Waals surface area contributed by atoms with Gasteiger partial charge in [0.25, 0.3) is 0 Å². The van der Waals surface area contributed by atoms with Crippen LogP contribution in [-0.2, 0) is 0 Å². The summed E-state index contributed by atoms with van der Waals surface area (Å²) < 4.78 is 5.05. The Morgan fingerprint density at radius 1 is 0.310 bits per heavy atom. The number of hydrogen-bond acceptors (Lipinski definition) is 0. The molecule has 0 radical (unpaired) electrons. The second-order valence-corrected chi connectivity index (χ2v) is 12.2. The second kappa shape index (κ2) is 8.24. The zero-order valence-electron chi connectivity index (χ0n) is 24.3. The molecule has 0 aliphatic rings. The van der Waals surface area contributed by atoms with E-state index in [1.54, 1.807) is 0 Å². The Morgan fingerprint density at radius 3 is 1.10 bits per heavy atom. The molecule has 0 aliphatic carbocycles. The van der Waals surface area contributed by atoms with Crippen LogP contribution >= 0.6 is 0 Å². The lowest BCUT2D eigenvalue weighted by Gasteiger charge is -2.11. The fourth-order valence-electron chi connectivity index (χ4n) is 7.52. The Labute approximate surface area is 243 Å². The zero-order valence-corrected chi connectivity index (χ0v) is 24.3. The fraction of sp³-hybridized carbons (Fsp3) is 0.100. The van der Waals surface area contributed by atoms with Crippen molar-refractivity contribution in [1.29, 1.82) is 0 Å². The van der Waals surface area contributed by atoms with Crippen molar-refractivity contribution < 1.29 is 0 Å². The molecule has 200 valence electrons. The first-order chi connectivity index (χ1) is 20.5. The van der Waals surface area contributed by atoms with E-state index in [2.05, 4.69) is 146 Å². The Balaban J connectivity index is 1.80. The lowest BCUT2D eigenvalue weighted by Crippen LogP contribution is -1.93. The monoisotopic (exact) mass is 538 g/mol. The van der Waals surface area contributed by atoms with Gasteiger partial charge in [-0.15, -0.1) is 0 Å². The zero-order chi connectivity index (χ0) is 28.3. The third-order valence-electron chi connectivity index (χ3n) is 9.19. The van der Waals surface area contributed by atoms with Gasteiger partial charge in [0.2, 0.25) is 0 Å². The average molecular weight is 539 g/mol. The van der Waals surface area contributed by atoms with Gasteiger partial charge in [0.15, 0.2) is 0 Å². The van der Waals surface area contributed by atoms with Crippen LogP contribution in [0.25, 0.3) is 76.2 Å². The lowest BCUT2D eigenvalue weighted by molar-refractivity contribution is 1.29. The summed E-state index contributed by atoms with van der Waals surface area (Å²) in [4.78, 5) is 0. The number of para-hydroxylation sites is 2. The minimum Gasteiger partial charge on any atom is -0.307 e. The minimum atomic E-state index is 1.19. The molecule has 2 heteroatoms. The molecule has 0 bridgehead atoms. The highest BCUT2D eigenvalue weighted by Gasteiger charge is 2.18. The Kier molecular flexibility index (Phi) is 4.63. The smallest absolute Gasteiger partial charge is 0.0703 e. The third kappa shape index (κ3) is 3.04. The van der Waals surface area contributed by atoms with Gasteiger partial charge in [-0.2, -0.15) is 0 Å². The van der Waals surface area contributed by atoms with E-state index in [-0.39, 0.29) is 0 Å². The molecule has 0 aliphatic heterocycles. The predicted octanol–water partition coefficient (Wildman–Crippen LogP) is 10.9. The molecule has 42 heavy (non-hydrogen) atoms. The molecule has 9 rings (SSSR count). The molecular weight excluding hydrogens is 508 g/mol. The molecular formula is C40H30N2. The molecule has 0 atom stereocenters. The van der Waals surface area contributed by atoms with Crippen molar-refractivity contribution in [3.8, 4) is 0 Å². The number of benzene rings is 6. The predicted molar refractivity (Wildman–Crippen MR) is 181 cm³/mol. The largest absolute Gasteiger partial charge is 0.307 e. The summed E-state index contributed by atoms with van der Waals surface area (Å²) in [6.07, 6.45) is 0. The molecule has 3 heterocycles. The number of rotatable bonds is 0. The van der Waals surface area contributed by atoms with Gasteiger partial charge in [-0.3, -0.25) is 0 Å². The first kappa shape index (κ1) is 23.6. The van der Waals surface area contributed by atoms with E-state index < -0.39 is 0 Å². The number of nitrogens with zero attached hydrogens (tertiary/aromatic N) is 2. The number of aryl methyl sites for hydroxylation is 4. The minimum absolute atomic E-state index is 1.19. The normalized spacial score (nSPS) is 12.3. The van der Waals surface area contributed by atoms with Gasteiger partial charge < -0.3 is 8.80 Å². The van der Waals surface area contributed by atoms with E-state index in [0.29, 0.717) is 0 Å². The first-order valence-electron chi connectivity index (χ1n) is 14.8. The molecule has 3 aromatic heterocycles. The topological polar surface area (TPSA) is 8.82 Å². The van der Waals surface area contributed by atoms with Crippen LogP contribution in [0, 0.1) is 27.7 Å². The van der Waals surface area contributed by atoms with Crippen LogP contribution in [0.2, 0.25) is 0 Å². The van der Waals surface area contributed by atoms with Gasteiger partial charge in [-0.1, -0.05) is 59.7 Å².